The van der Waals surface area contributed by atoms with Crippen molar-refractivity contribution in [3.05, 3.63) is 66.2 Å². The topological polar surface area (TPSA) is 52.7 Å². The Kier molecular flexibility index (Phi) is 6.69. The average Bonchev–Trinajstić information content (AvgIpc) is 2.73. The van der Waals surface area contributed by atoms with Crippen LogP contribution in [0.5, 0.6) is 0 Å². The Morgan fingerprint density at radius 3 is 2.04 bits per heavy atom. The monoisotopic (exact) mass is 379 g/mol. The molecule has 5 nitrogen and oxygen atoms in total. The van der Waals surface area contributed by atoms with Crippen LogP contribution in [0.3, 0.4) is 0 Å². The van der Waals surface area contributed by atoms with E-state index in [1.807, 2.05) is 67.3 Å². The van der Waals surface area contributed by atoms with Crippen molar-refractivity contribution >= 4 is 17.5 Å². The van der Waals surface area contributed by atoms with E-state index in [1.165, 1.54) is 5.69 Å². The average molecular weight is 380 g/mol. The van der Waals surface area contributed by atoms with Crippen LogP contribution in [0.1, 0.15) is 19.4 Å². The molecule has 0 aliphatic carbocycles. The lowest BCUT2D eigenvalue weighted by Crippen LogP contribution is -2.56. The van der Waals surface area contributed by atoms with Gasteiger partial charge in [0.25, 0.3) is 0 Å². The molecule has 1 saturated heterocycles. The van der Waals surface area contributed by atoms with Crippen LogP contribution in [0.25, 0.3) is 0 Å². The lowest BCUT2D eigenvalue weighted by atomic mass is 10.0. The molecule has 0 spiro atoms. The number of piperazine rings is 1. The Balaban J connectivity index is 1.57. The first-order chi connectivity index (χ1) is 13.5. The number of para-hydroxylation sites is 1. The molecule has 2 amide bonds. The Labute approximate surface area is 167 Å². The summed E-state index contributed by atoms with van der Waals surface area (Å²) in [5.41, 5.74) is 2.14. The number of hydrogen-bond donors (Lipinski definition) is 1. The zero-order chi connectivity index (χ0) is 19.9. The van der Waals surface area contributed by atoms with Crippen LogP contribution in [0.15, 0.2) is 60.7 Å². The van der Waals surface area contributed by atoms with E-state index in [4.69, 9.17) is 0 Å². The van der Waals surface area contributed by atoms with Gasteiger partial charge < -0.3 is 15.1 Å². The first-order valence-corrected chi connectivity index (χ1v) is 9.96. The van der Waals surface area contributed by atoms with E-state index in [0.717, 1.165) is 18.7 Å². The molecule has 2 aromatic rings. The Morgan fingerprint density at radius 2 is 1.46 bits per heavy atom. The molecule has 1 aliphatic heterocycles. The predicted molar refractivity (Wildman–Crippen MR) is 112 cm³/mol. The van der Waals surface area contributed by atoms with Gasteiger partial charge in [0, 0.05) is 31.9 Å². The maximum absolute atomic E-state index is 13.1. The molecule has 148 valence electrons. The highest BCUT2D eigenvalue weighted by Gasteiger charge is 2.30. The molecule has 5 heteroatoms. The van der Waals surface area contributed by atoms with Crippen molar-refractivity contribution in [2.24, 2.45) is 5.92 Å². The van der Waals surface area contributed by atoms with Crippen LogP contribution in [0, 0.1) is 5.92 Å². The lowest BCUT2D eigenvalue weighted by Gasteiger charge is -2.38. The summed E-state index contributed by atoms with van der Waals surface area (Å²) in [5.74, 6) is -0.0512. The standard InChI is InChI=1S/C23H29N3O2/c1-18(2)22(24-21(27)17-19-9-5-3-6-10-19)23(28)26-15-13-25(14-16-26)20-11-7-4-8-12-20/h3-12,18,22H,13-17H2,1-2H3,(H,24,27)/t22-/m0/s1. The van der Waals surface area contributed by atoms with E-state index in [0.29, 0.717) is 19.5 Å². The van der Waals surface area contributed by atoms with Gasteiger partial charge in [-0.2, -0.15) is 0 Å². The van der Waals surface area contributed by atoms with Crippen molar-refractivity contribution in [2.45, 2.75) is 26.3 Å². The molecule has 0 aromatic heterocycles. The van der Waals surface area contributed by atoms with E-state index in [9.17, 15) is 9.59 Å². The molecule has 0 unspecified atom stereocenters. The fraction of sp³-hybridized carbons (Fsp3) is 0.391. The van der Waals surface area contributed by atoms with Crippen LogP contribution in [0.2, 0.25) is 0 Å². The van der Waals surface area contributed by atoms with Crippen molar-refractivity contribution < 1.29 is 9.59 Å². The molecule has 28 heavy (non-hydrogen) atoms. The van der Waals surface area contributed by atoms with E-state index in [1.54, 1.807) is 0 Å². The summed E-state index contributed by atoms with van der Waals surface area (Å²) in [4.78, 5) is 29.7. The number of nitrogens with one attached hydrogen (secondary N) is 1. The van der Waals surface area contributed by atoms with Crippen LogP contribution in [0.4, 0.5) is 5.69 Å². The van der Waals surface area contributed by atoms with Crippen molar-refractivity contribution in [3.8, 4) is 0 Å². The largest absolute Gasteiger partial charge is 0.368 e. The highest BCUT2D eigenvalue weighted by Crippen LogP contribution is 2.17. The molecule has 1 heterocycles. The van der Waals surface area contributed by atoms with Gasteiger partial charge in [0.1, 0.15) is 6.04 Å². The normalized spacial score (nSPS) is 15.4. The summed E-state index contributed by atoms with van der Waals surface area (Å²) in [5, 5.41) is 2.96. The number of amides is 2. The van der Waals surface area contributed by atoms with Gasteiger partial charge in [-0.25, -0.2) is 0 Å². The third kappa shape index (κ3) is 5.12. The fourth-order valence-corrected chi connectivity index (χ4v) is 3.54. The summed E-state index contributed by atoms with van der Waals surface area (Å²) in [6, 6.07) is 19.4. The maximum Gasteiger partial charge on any atom is 0.245 e. The summed E-state index contributed by atoms with van der Waals surface area (Å²) < 4.78 is 0. The van der Waals surface area contributed by atoms with Crippen LogP contribution < -0.4 is 10.2 Å². The van der Waals surface area contributed by atoms with Gasteiger partial charge in [-0.05, 0) is 23.6 Å². The van der Waals surface area contributed by atoms with Crippen molar-refractivity contribution in [3.63, 3.8) is 0 Å². The van der Waals surface area contributed by atoms with Crippen molar-refractivity contribution in [1.82, 2.24) is 10.2 Å². The highest BCUT2D eigenvalue weighted by molar-refractivity contribution is 5.88. The van der Waals surface area contributed by atoms with Gasteiger partial charge in [-0.15, -0.1) is 0 Å². The van der Waals surface area contributed by atoms with Gasteiger partial charge in [0.05, 0.1) is 6.42 Å². The van der Waals surface area contributed by atoms with Gasteiger partial charge in [-0.1, -0.05) is 62.4 Å². The van der Waals surface area contributed by atoms with Gasteiger partial charge in [0.15, 0.2) is 0 Å². The lowest BCUT2D eigenvalue weighted by molar-refractivity contribution is -0.137. The SMILES string of the molecule is CC(C)[C@H](NC(=O)Cc1ccccc1)C(=O)N1CCN(c2ccccc2)CC1. The molecule has 0 radical (unpaired) electrons. The number of carbonyl (C=O) groups is 2. The summed E-state index contributed by atoms with van der Waals surface area (Å²) in [6.07, 6.45) is 0.291. The Bertz CT molecular complexity index is 769. The van der Waals surface area contributed by atoms with Crippen LogP contribution in [-0.4, -0.2) is 48.9 Å². The maximum atomic E-state index is 13.1. The molecule has 1 N–H and O–H groups in total. The van der Waals surface area contributed by atoms with E-state index in [2.05, 4.69) is 22.3 Å². The van der Waals surface area contributed by atoms with E-state index < -0.39 is 6.04 Å². The summed E-state index contributed by atoms with van der Waals surface area (Å²) in [7, 11) is 0. The van der Waals surface area contributed by atoms with Gasteiger partial charge in [0.2, 0.25) is 11.8 Å². The first-order valence-electron chi connectivity index (χ1n) is 9.96. The Hall–Kier alpha value is -2.82. The second kappa shape index (κ2) is 9.40. The van der Waals surface area contributed by atoms with Crippen LogP contribution in [-0.2, 0) is 16.0 Å². The van der Waals surface area contributed by atoms with E-state index in [-0.39, 0.29) is 17.7 Å². The predicted octanol–water partition coefficient (Wildman–Crippen LogP) is 2.72. The number of anilines is 1. The minimum absolute atomic E-state index is 0.0177. The minimum atomic E-state index is -0.487. The summed E-state index contributed by atoms with van der Waals surface area (Å²) in [6.45, 7) is 6.91. The highest BCUT2D eigenvalue weighted by atomic mass is 16.2. The quantitative estimate of drug-likeness (QED) is 0.840. The molecular formula is C23H29N3O2. The number of hydrogen-bond acceptors (Lipinski definition) is 3. The van der Waals surface area contributed by atoms with Crippen molar-refractivity contribution in [2.75, 3.05) is 31.1 Å². The molecule has 2 aromatic carbocycles. The number of benzene rings is 2. The Morgan fingerprint density at radius 1 is 0.893 bits per heavy atom. The molecule has 3 rings (SSSR count). The smallest absolute Gasteiger partial charge is 0.245 e. The second-order valence-corrected chi connectivity index (χ2v) is 7.60. The first kappa shape index (κ1) is 19.9. The molecular weight excluding hydrogens is 350 g/mol. The molecule has 0 saturated carbocycles. The number of carbonyl (C=O) groups excluding carboxylic acids is 2. The van der Waals surface area contributed by atoms with Gasteiger partial charge >= 0.3 is 0 Å². The van der Waals surface area contributed by atoms with Gasteiger partial charge in [-0.3, -0.25) is 9.59 Å². The third-order valence-electron chi connectivity index (χ3n) is 5.17. The van der Waals surface area contributed by atoms with E-state index >= 15 is 0 Å². The van der Waals surface area contributed by atoms with Crippen molar-refractivity contribution in [1.29, 1.82) is 0 Å². The summed E-state index contributed by atoms with van der Waals surface area (Å²) >= 11 is 0. The molecule has 1 atom stereocenters. The van der Waals surface area contributed by atoms with Crippen LogP contribution >= 0.6 is 0 Å². The molecule has 1 aliphatic rings. The minimum Gasteiger partial charge on any atom is -0.368 e. The fourth-order valence-electron chi connectivity index (χ4n) is 3.54. The molecule has 1 fully saturated rings. The zero-order valence-corrected chi connectivity index (χ0v) is 16.7. The number of nitrogens with zero attached hydrogens (tertiary/aromatic N) is 2. The second-order valence-electron chi connectivity index (χ2n) is 7.60. The molecule has 0 bridgehead atoms. The third-order valence-corrected chi connectivity index (χ3v) is 5.17. The zero-order valence-electron chi connectivity index (χ0n) is 16.7. The number of rotatable bonds is 6.